The third-order valence-corrected chi connectivity index (χ3v) is 6.96. The molecule has 7 heteroatoms. The highest BCUT2D eigenvalue weighted by Crippen LogP contribution is 2.37. The minimum atomic E-state index is -0.460. The highest BCUT2D eigenvalue weighted by Gasteiger charge is 2.22. The first-order valence-corrected chi connectivity index (χ1v) is 13.2. The summed E-state index contributed by atoms with van der Waals surface area (Å²) in [6.07, 6.45) is 0.259. The molecule has 0 radical (unpaired) electrons. The number of carbonyl (C=O) groups is 2. The van der Waals surface area contributed by atoms with Crippen LogP contribution in [0.3, 0.4) is 0 Å². The summed E-state index contributed by atoms with van der Waals surface area (Å²) in [5.41, 5.74) is 3.18. The first-order valence-electron chi connectivity index (χ1n) is 11.9. The maximum absolute atomic E-state index is 13.3. The van der Waals surface area contributed by atoms with Crippen LogP contribution in [0.5, 0.6) is 5.75 Å². The van der Waals surface area contributed by atoms with Crippen LogP contribution in [-0.4, -0.2) is 18.4 Å². The van der Waals surface area contributed by atoms with Crippen LogP contribution < -0.4 is 15.4 Å². The molecular weight excluding hydrogens is 504 g/mol. The summed E-state index contributed by atoms with van der Waals surface area (Å²) >= 11 is 7.36. The van der Waals surface area contributed by atoms with Gasteiger partial charge in [0.25, 0.3) is 0 Å². The van der Waals surface area contributed by atoms with Gasteiger partial charge in [0.15, 0.2) is 0 Å². The van der Waals surface area contributed by atoms with E-state index in [1.807, 2.05) is 97.9 Å². The van der Waals surface area contributed by atoms with E-state index in [-0.39, 0.29) is 18.2 Å². The lowest BCUT2D eigenvalue weighted by Gasteiger charge is -2.17. The summed E-state index contributed by atoms with van der Waals surface area (Å²) in [5, 5.41) is 6.11. The van der Waals surface area contributed by atoms with Crippen molar-refractivity contribution in [3.05, 3.63) is 119 Å². The second kappa shape index (κ2) is 13.0. The normalized spacial score (nSPS) is 11.4. The molecule has 4 aromatic carbocycles. The second-order valence-electron chi connectivity index (χ2n) is 8.23. The maximum atomic E-state index is 13.3. The third-order valence-electron chi connectivity index (χ3n) is 5.44. The molecule has 0 saturated carbocycles. The molecule has 4 rings (SSSR count). The van der Waals surface area contributed by atoms with Gasteiger partial charge in [-0.2, -0.15) is 0 Å². The van der Waals surface area contributed by atoms with Crippen molar-refractivity contribution in [2.75, 3.05) is 17.2 Å². The van der Waals surface area contributed by atoms with Gasteiger partial charge in [0.1, 0.15) is 11.0 Å². The van der Waals surface area contributed by atoms with Crippen LogP contribution >= 0.6 is 23.4 Å². The molecule has 0 bridgehead atoms. The van der Waals surface area contributed by atoms with Crippen LogP contribution in [0.2, 0.25) is 5.02 Å². The van der Waals surface area contributed by atoms with Crippen molar-refractivity contribution in [3.8, 4) is 5.75 Å². The Morgan fingerprint density at radius 3 is 2.08 bits per heavy atom. The average Bonchev–Trinajstić information content (AvgIpc) is 2.91. The fraction of sp³-hybridized carbons (Fsp3) is 0.133. The first-order chi connectivity index (χ1) is 18.0. The molecule has 0 spiro atoms. The van der Waals surface area contributed by atoms with E-state index >= 15 is 0 Å². The predicted octanol–water partition coefficient (Wildman–Crippen LogP) is 7.39. The van der Waals surface area contributed by atoms with Crippen molar-refractivity contribution in [2.45, 2.75) is 23.5 Å². The molecule has 2 amide bonds. The van der Waals surface area contributed by atoms with Gasteiger partial charge in [-0.25, -0.2) is 0 Å². The molecule has 0 fully saturated rings. The van der Waals surface area contributed by atoms with Crippen LogP contribution in [0.15, 0.2) is 108 Å². The highest BCUT2D eigenvalue weighted by atomic mass is 35.5. The summed E-state index contributed by atoms with van der Waals surface area (Å²) in [6, 6.07) is 31.7. The molecule has 188 valence electrons. The van der Waals surface area contributed by atoms with Crippen LogP contribution in [0.1, 0.15) is 23.3 Å². The monoisotopic (exact) mass is 530 g/mol. The van der Waals surface area contributed by atoms with E-state index in [0.29, 0.717) is 23.0 Å². The number of carbonyl (C=O) groups excluding carboxylic acids is 2. The molecule has 5 nitrogen and oxygen atoms in total. The zero-order valence-corrected chi connectivity index (χ0v) is 21.9. The van der Waals surface area contributed by atoms with Gasteiger partial charge in [0.2, 0.25) is 11.8 Å². The maximum Gasteiger partial charge on any atom is 0.242 e. The van der Waals surface area contributed by atoms with Crippen molar-refractivity contribution in [1.82, 2.24) is 0 Å². The summed E-state index contributed by atoms with van der Waals surface area (Å²) in [5.74, 6) is 0.523. The Kier molecular flexibility index (Phi) is 9.24. The largest absolute Gasteiger partial charge is 0.494 e. The standard InChI is InChI=1S/C30H27ClN2O3S/c1-2-36-26-16-12-25(13-17-26)33-30(35)29(22-6-4-3-5-7-22)37-27-18-14-24(15-19-27)32-28(34)20-21-8-10-23(31)11-9-21/h3-19,29H,2,20H2,1H3,(H,32,34)(H,33,35). The number of rotatable bonds is 10. The third kappa shape index (κ3) is 7.87. The Bertz CT molecular complexity index is 1310. The van der Waals surface area contributed by atoms with Crippen LogP contribution in [0.25, 0.3) is 0 Å². The molecule has 0 saturated heterocycles. The van der Waals surface area contributed by atoms with E-state index in [1.165, 1.54) is 11.8 Å². The molecule has 1 atom stereocenters. The van der Waals surface area contributed by atoms with Crippen molar-refractivity contribution in [1.29, 1.82) is 0 Å². The Balaban J connectivity index is 1.42. The molecule has 2 N–H and O–H groups in total. The lowest BCUT2D eigenvalue weighted by molar-refractivity contribution is -0.116. The summed E-state index contributed by atoms with van der Waals surface area (Å²) < 4.78 is 5.48. The van der Waals surface area contributed by atoms with Gasteiger partial charge in [-0.15, -0.1) is 11.8 Å². The van der Waals surface area contributed by atoms with Gasteiger partial charge < -0.3 is 15.4 Å². The topological polar surface area (TPSA) is 67.4 Å². The van der Waals surface area contributed by atoms with Crippen molar-refractivity contribution < 1.29 is 14.3 Å². The minimum absolute atomic E-state index is 0.111. The molecule has 0 aliphatic carbocycles. The fourth-order valence-electron chi connectivity index (χ4n) is 3.66. The summed E-state index contributed by atoms with van der Waals surface area (Å²) in [4.78, 5) is 26.6. The Morgan fingerprint density at radius 2 is 1.43 bits per heavy atom. The van der Waals surface area contributed by atoms with E-state index in [4.69, 9.17) is 16.3 Å². The zero-order valence-electron chi connectivity index (χ0n) is 20.3. The number of thioether (sulfide) groups is 1. The zero-order chi connectivity index (χ0) is 26.0. The molecule has 37 heavy (non-hydrogen) atoms. The highest BCUT2D eigenvalue weighted by molar-refractivity contribution is 8.00. The average molecular weight is 531 g/mol. The van der Waals surface area contributed by atoms with Gasteiger partial charge in [-0.1, -0.05) is 54.1 Å². The second-order valence-corrected chi connectivity index (χ2v) is 9.85. The van der Waals surface area contributed by atoms with Crippen LogP contribution in [0, 0.1) is 0 Å². The minimum Gasteiger partial charge on any atom is -0.494 e. The van der Waals surface area contributed by atoms with Crippen molar-refractivity contribution in [3.63, 3.8) is 0 Å². The van der Waals surface area contributed by atoms with Gasteiger partial charge in [-0.05, 0) is 78.7 Å². The van der Waals surface area contributed by atoms with Gasteiger partial charge in [0, 0.05) is 21.3 Å². The summed E-state index contributed by atoms with van der Waals surface area (Å²) in [6.45, 7) is 2.52. The lowest BCUT2D eigenvalue weighted by Crippen LogP contribution is -2.19. The van der Waals surface area contributed by atoms with E-state index in [0.717, 1.165) is 21.8 Å². The van der Waals surface area contributed by atoms with Crippen molar-refractivity contribution in [2.24, 2.45) is 0 Å². The Hall–Kier alpha value is -3.74. The first kappa shape index (κ1) is 26.3. The smallest absolute Gasteiger partial charge is 0.242 e. The number of hydrogen-bond donors (Lipinski definition) is 2. The predicted molar refractivity (Wildman–Crippen MR) is 152 cm³/mol. The van der Waals surface area contributed by atoms with Crippen LogP contribution in [0.4, 0.5) is 11.4 Å². The van der Waals surface area contributed by atoms with Crippen LogP contribution in [-0.2, 0) is 16.0 Å². The molecular formula is C30H27ClN2O3S. The molecule has 0 aliphatic heterocycles. The quantitative estimate of drug-likeness (QED) is 0.210. The number of halogens is 1. The van der Waals surface area contributed by atoms with Gasteiger partial charge in [-0.3, -0.25) is 9.59 Å². The SMILES string of the molecule is CCOc1ccc(NC(=O)C(Sc2ccc(NC(=O)Cc3ccc(Cl)cc3)cc2)c2ccccc2)cc1. The Labute approximate surface area is 226 Å². The molecule has 0 heterocycles. The number of ether oxygens (including phenoxy) is 1. The van der Waals surface area contributed by atoms with E-state index in [2.05, 4.69) is 10.6 Å². The Morgan fingerprint density at radius 1 is 0.811 bits per heavy atom. The van der Waals surface area contributed by atoms with E-state index in [9.17, 15) is 9.59 Å². The number of hydrogen-bond acceptors (Lipinski definition) is 4. The fourth-order valence-corrected chi connectivity index (χ4v) is 4.81. The number of nitrogens with one attached hydrogen (secondary N) is 2. The molecule has 0 aliphatic rings. The van der Waals surface area contributed by atoms with Gasteiger partial charge >= 0.3 is 0 Å². The number of anilines is 2. The molecule has 4 aromatic rings. The number of benzene rings is 4. The van der Waals surface area contributed by atoms with Crippen molar-refractivity contribution >= 4 is 46.6 Å². The lowest BCUT2D eigenvalue weighted by atomic mass is 10.1. The van der Waals surface area contributed by atoms with Gasteiger partial charge in [0.05, 0.1) is 13.0 Å². The number of amides is 2. The molecule has 1 unspecified atom stereocenters. The van der Waals surface area contributed by atoms with E-state index < -0.39 is 5.25 Å². The molecule has 0 aromatic heterocycles. The van der Waals surface area contributed by atoms with E-state index in [1.54, 1.807) is 12.1 Å². The summed E-state index contributed by atoms with van der Waals surface area (Å²) in [7, 11) is 0.